The standard InChI is InChI=1S/C15H22N2O4S2/c18-15(16-10-12-5-4-8-21-12)14-9-13(11-22-14)23(19,20)17-6-2-1-3-7-17/h9,11-12H,1-8,10H2,(H,16,18)/t12-/m0/s1. The normalized spacial score (nSPS) is 23.0. The molecule has 2 aliphatic heterocycles. The molecule has 0 aliphatic carbocycles. The zero-order valence-electron chi connectivity index (χ0n) is 13.0. The van der Waals surface area contributed by atoms with Crippen molar-refractivity contribution in [3.05, 3.63) is 16.3 Å². The maximum Gasteiger partial charge on any atom is 0.261 e. The van der Waals surface area contributed by atoms with Gasteiger partial charge in [-0.3, -0.25) is 4.79 Å². The smallest absolute Gasteiger partial charge is 0.261 e. The minimum absolute atomic E-state index is 0.0791. The van der Waals surface area contributed by atoms with Crippen LogP contribution in [0, 0.1) is 0 Å². The van der Waals surface area contributed by atoms with Gasteiger partial charge in [0, 0.05) is 31.6 Å². The maximum absolute atomic E-state index is 12.6. The summed E-state index contributed by atoms with van der Waals surface area (Å²) in [6.45, 7) is 2.36. The zero-order valence-corrected chi connectivity index (χ0v) is 14.6. The van der Waals surface area contributed by atoms with Crippen molar-refractivity contribution in [2.75, 3.05) is 26.2 Å². The molecule has 0 bridgehead atoms. The van der Waals surface area contributed by atoms with E-state index in [2.05, 4.69) is 5.32 Å². The highest BCUT2D eigenvalue weighted by Crippen LogP contribution is 2.25. The van der Waals surface area contributed by atoms with Crippen molar-refractivity contribution >= 4 is 27.3 Å². The highest BCUT2D eigenvalue weighted by atomic mass is 32.2. The Labute approximate surface area is 140 Å². The molecule has 1 amide bonds. The lowest BCUT2D eigenvalue weighted by Gasteiger charge is -2.25. The van der Waals surface area contributed by atoms with Gasteiger partial charge >= 0.3 is 0 Å². The van der Waals surface area contributed by atoms with Gasteiger partial charge < -0.3 is 10.1 Å². The van der Waals surface area contributed by atoms with Gasteiger partial charge in [0.2, 0.25) is 10.0 Å². The molecule has 0 unspecified atom stereocenters. The maximum atomic E-state index is 12.6. The summed E-state index contributed by atoms with van der Waals surface area (Å²) in [4.78, 5) is 12.8. The molecule has 2 fully saturated rings. The van der Waals surface area contributed by atoms with Crippen LogP contribution in [0.3, 0.4) is 0 Å². The highest BCUT2D eigenvalue weighted by molar-refractivity contribution is 7.89. The van der Waals surface area contributed by atoms with Crippen molar-refractivity contribution in [3.8, 4) is 0 Å². The van der Waals surface area contributed by atoms with E-state index in [1.807, 2.05) is 0 Å². The lowest BCUT2D eigenvalue weighted by atomic mass is 10.2. The monoisotopic (exact) mass is 358 g/mol. The molecule has 2 saturated heterocycles. The third-order valence-electron chi connectivity index (χ3n) is 4.27. The fraction of sp³-hybridized carbons (Fsp3) is 0.667. The van der Waals surface area contributed by atoms with E-state index in [0.717, 1.165) is 38.7 Å². The van der Waals surface area contributed by atoms with Crippen LogP contribution in [-0.4, -0.2) is 51.0 Å². The molecule has 6 nitrogen and oxygen atoms in total. The van der Waals surface area contributed by atoms with E-state index >= 15 is 0 Å². The summed E-state index contributed by atoms with van der Waals surface area (Å²) >= 11 is 1.17. The van der Waals surface area contributed by atoms with Crippen LogP contribution in [0.5, 0.6) is 0 Å². The predicted molar refractivity (Wildman–Crippen MR) is 88.2 cm³/mol. The summed E-state index contributed by atoms with van der Waals surface area (Å²) in [6.07, 6.45) is 4.94. The molecule has 3 heterocycles. The van der Waals surface area contributed by atoms with Crippen molar-refractivity contribution in [1.29, 1.82) is 0 Å². The first-order chi connectivity index (χ1) is 11.1. The number of nitrogens with zero attached hydrogens (tertiary/aromatic N) is 1. The number of sulfonamides is 1. The first-order valence-corrected chi connectivity index (χ1v) is 10.4. The summed E-state index contributed by atoms with van der Waals surface area (Å²) in [5.41, 5.74) is 0. The third-order valence-corrected chi connectivity index (χ3v) is 7.22. The Morgan fingerprint density at radius 1 is 1.30 bits per heavy atom. The first kappa shape index (κ1) is 16.9. The first-order valence-electron chi connectivity index (χ1n) is 8.06. The second kappa shape index (κ2) is 7.29. The molecular weight excluding hydrogens is 336 g/mol. The summed E-state index contributed by atoms with van der Waals surface area (Å²) in [7, 11) is -3.47. The highest BCUT2D eigenvalue weighted by Gasteiger charge is 2.27. The number of hydrogen-bond donors (Lipinski definition) is 1. The molecule has 0 spiro atoms. The molecular formula is C15H22N2O4S2. The summed E-state index contributed by atoms with van der Waals surface area (Å²) < 4.78 is 32.1. The predicted octanol–water partition coefficient (Wildman–Crippen LogP) is 1.83. The molecule has 0 aromatic carbocycles. The number of thiophene rings is 1. The van der Waals surface area contributed by atoms with Crippen LogP contribution in [0.2, 0.25) is 0 Å². The van der Waals surface area contributed by atoms with Crippen LogP contribution in [0.15, 0.2) is 16.3 Å². The number of rotatable bonds is 5. The minimum Gasteiger partial charge on any atom is -0.376 e. The van der Waals surface area contributed by atoms with Gasteiger partial charge in [0.15, 0.2) is 0 Å². The van der Waals surface area contributed by atoms with Crippen LogP contribution >= 0.6 is 11.3 Å². The van der Waals surface area contributed by atoms with Crippen molar-refractivity contribution in [2.24, 2.45) is 0 Å². The number of hydrogen-bond acceptors (Lipinski definition) is 5. The second-order valence-electron chi connectivity index (χ2n) is 5.96. The van der Waals surface area contributed by atoms with Gasteiger partial charge in [-0.05, 0) is 31.7 Å². The number of ether oxygens (including phenoxy) is 1. The van der Waals surface area contributed by atoms with E-state index < -0.39 is 10.0 Å². The summed E-state index contributed by atoms with van der Waals surface area (Å²) in [5.74, 6) is -0.231. The number of piperidine rings is 1. The van der Waals surface area contributed by atoms with Gasteiger partial charge in [-0.2, -0.15) is 4.31 Å². The van der Waals surface area contributed by atoms with Crippen molar-refractivity contribution in [1.82, 2.24) is 9.62 Å². The Bertz CT molecular complexity index is 644. The SMILES string of the molecule is O=C(NC[C@@H]1CCCO1)c1cc(S(=O)(=O)N2CCCCC2)cs1. The van der Waals surface area contributed by atoms with E-state index in [4.69, 9.17) is 4.74 Å². The Hall–Kier alpha value is -0.960. The van der Waals surface area contributed by atoms with Gasteiger partial charge in [-0.25, -0.2) is 8.42 Å². The van der Waals surface area contributed by atoms with E-state index in [9.17, 15) is 13.2 Å². The lowest BCUT2D eigenvalue weighted by molar-refractivity contribution is 0.0861. The van der Waals surface area contributed by atoms with E-state index in [1.165, 1.54) is 21.7 Å². The molecule has 1 atom stereocenters. The Morgan fingerprint density at radius 2 is 2.09 bits per heavy atom. The molecule has 0 radical (unpaired) electrons. The quantitative estimate of drug-likeness (QED) is 0.871. The number of nitrogens with one attached hydrogen (secondary N) is 1. The molecule has 128 valence electrons. The molecule has 0 saturated carbocycles. The lowest BCUT2D eigenvalue weighted by Crippen LogP contribution is -2.35. The van der Waals surface area contributed by atoms with E-state index in [-0.39, 0.29) is 16.9 Å². The fourth-order valence-corrected chi connectivity index (χ4v) is 5.62. The average molecular weight is 358 g/mol. The second-order valence-corrected chi connectivity index (χ2v) is 8.81. The number of carbonyl (C=O) groups is 1. The van der Waals surface area contributed by atoms with E-state index in [0.29, 0.717) is 24.5 Å². The van der Waals surface area contributed by atoms with Gasteiger partial charge in [0.25, 0.3) is 5.91 Å². The molecule has 1 aromatic heterocycles. The average Bonchev–Trinajstić information content (AvgIpc) is 3.25. The number of amides is 1. The Morgan fingerprint density at radius 3 is 2.78 bits per heavy atom. The van der Waals surface area contributed by atoms with Crippen LogP contribution in [0.1, 0.15) is 41.8 Å². The molecule has 23 heavy (non-hydrogen) atoms. The third kappa shape index (κ3) is 3.93. The van der Waals surface area contributed by atoms with Gasteiger partial charge in [-0.15, -0.1) is 11.3 Å². The topological polar surface area (TPSA) is 75.7 Å². The van der Waals surface area contributed by atoms with Crippen LogP contribution in [-0.2, 0) is 14.8 Å². The van der Waals surface area contributed by atoms with Crippen LogP contribution in [0.4, 0.5) is 0 Å². The van der Waals surface area contributed by atoms with Crippen LogP contribution < -0.4 is 5.32 Å². The van der Waals surface area contributed by atoms with Gasteiger partial charge in [0.05, 0.1) is 15.9 Å². The summed E-state index contributed by atoms with van der Waals surface area (Å²) in [5, 5.41) is 4.38. The number of carbonyl (C=O) groups excluding carboxylic acids is 1. The van der Waals surface area contributed by atoms with E-state index in [1.54, 1.807) is 5.38 Å². The fourth-order valence-electron chi connectivity index (χ4n) is 2.93. The summed E-state index contributed by atoms with van der Waals surface area (Å²) in [6, 6.07) is 1.49. The zero-order chi connectivity index (χ0) is 16.3. The van der Waals surface area contributed by atoms with Crippen molar-refractivity contribution in [3.63, 3.8) is 0 Å². The largest absolute Gasteiger partial charge is 0.376 e. The van der Waals surface area contributed by atoms with Crippen LogP contribution in [0.25, 0.3) is 0 Å². The van der Waals surface area contributed by atoms with Crippen molar-refractivity contribution < 1.29 is 17.9 Å². The Balaban J connectivity index is 1.63. The van der Waals surface area contributed by atoms with Crippen molar-refractivity contribution in [2.45, 2.75) is 43.1 Å². The van der Waals surface area contributed by atoms with Gasteiger partial charge in [0.1, 0.15) is 0 Å². The Kier molecular flexibility index (Phi) is 5.35. The molecule has 2 aliphatic rings. The minimum atomic E-state index is -3.47. The van der Waals surface area contributed by atoms with Gasteiger partial charge in [-0.1, -0.05) is 6.42 Å². The molecule has 8 heteroatoms. The molecule has 1 N–H and O–H groups in total. The molecule has 1 aromatic rings. The molecule has 3 rings (SSSR count).